The van der Waals surface area contributed by atoms with E-state index in [1.165, 1.54) is 75.3 Å². The van der Waals surface area contributed by atoms with Gasteiger partial charge in [0.15, 0.2) is 0 Å². The number of ether oxygens (including phenoxy) is 10. The summed E-state index contributed by atoms with van der Waals surface area (Å²) in [5, 5.41) is 0. The zero-order valence-corrected chi connectivity index (χ0v) is 58.1. The number of carbonyl (C=O) groups is 6. The van der Waals surface area contributed by atoms with Gasteiger partial charge in [0.25, 0.3) is 0 Å². The van der Waals surface area contributed by atoms with Gasteiger partial charge in [-0.1, -0.05) is 83.7 Å². The molecule has 16 nitrogen and oxygen atoms in total. The molecule has 1 fully saturated rings. The molecule has 94 heavy (non-hydrogen) atoms. The van der Waals surface area contributed by atoms with Gasteiger partial charge in [0.1, 0.15) is 28.6 Å². The van der Waals surface area contributed by atoms with Crippen LogP contribution in [0.4, 0.5) is 0 Å². The topological polar surface area (TPSA) is 195 Å². The molecule has 1 saturated carbocycles. The predicted octanol–water partition coefficient (Wildman–Crippen LogP) is 18.2. The molecule has 0 heterocycles. The molecule has 0 aliphatic heterocycles. The lowest BCUT2D eigenvalue weighted by Gasteiger charge is -2.28. The number of unbranched alkanes of at least 4 members (excludes halogenated alkanes) is 15. The van der Waals surface area contributed by atoms with Crippen LogP contribution < -0.4 is 18.9 Å². The number of rotatable bonds is 56. The van der Waals surface area contributed by atoms with Crippen LogP contribution in [0.15, 0.2) is 78.9 Å². The van der Waals surface area contributed by atoms with E-state index in [0.717, 1.165) is 126 Å². The zero-order valence-electron chi connectivity index (χ0n) is 58.1. The number of benzene rings is 3. The summed E-state index contributed by atoms with van der Waals surface area (Å²) in [4.78, 5) is 74.2. The summed E-state index contributed by atoms with van der Waals surface area (Å²) in [6, 6.07) is 22.3. The van der Waals surface area contributed by atoms with Crippen LogP contribution in [0.25, 0.3) is 0 Å². The SMILES string of the molecule is C=C(C)C(=O)OCCCCCCOC(=O)c1cc(OCCCCCCOC(=O)CCC(=O)OCCCCCCOc2ccc(C3CCC(CCC)CC3)cc2)ccc1OCCCCCCOC(=O)CCC(=O)OCCCCCCOc1ccc(CCC(CC)CCC)cc1. The summed E-state index contributed by atoms with van der Waals surface area (Å²) >= 11 is 0. The third-order valence-electron chi connectivity index (χ3n) is 17.3. The van der Waals surface area contributed by atoms with Crippen molar-refractivity contribution in [2.75, 3.05) is 66.1 Å². The summed E-state index contributed by atoms with van der Waals surface area (Å²) < 4.78 is 56.3. The molecule has 1 aliphatic carbocycles. The molecule has 0 amide bonds. The number of carbonyl (C=O) groups excluding carboxylic acids is 6. The Kier molecular flexibility index (Phi) is 43.9. The molecule has 0 radical (unpaired) electrons. The molecule has 3 aromatic carbocycles. The van der Waals surface area contributed by atoms with Gasteiger partial charge >= 0.3 is 35.8 Å². The van der Waals surface area contributed by atoms with Crippen molar-refractivity contribution >= 4 is 35.8 Å². The molecule has 0 bridgehead atoms. The van der Waals surface area contributed by atoms with Crippen molar-refractivity contribution < 1.29 is 76.1 Å². The van der Waals surface area contributed by atoms with Gasteiger partial charge in [-0.05, 0) is 245 Å². The van der Waals surface area contributed by atoms with E-state index < -0.39 is 35.8 Å². The summed E-state index contributed by atoms with van der Waals surface area (Å²) in [5.41, 5.74) is 3.42. The van der Waals surface area contributed by atoms with Crippen LogP contribution in [0.1, 0.15) is 273 Å². The molecule has 0 saturated heterocycles. The van der Waals surface area contributed by atoms with Gasteiger partial charge in [-0.2, -0.15) is 0 Å². The fraction of sp³-hybridized carbons (Fsp3) is 0.667. The van der Waals surface area contributed by atoms with E-state index in [2.05, 4.69) is 75.9 Å². The number of esters is 6. The van der Waals surface area contributed by atoms with Gasteiger partial charge in [-0.15, -0.1) is 0 Å². The summed E-state index contributed by atoms with van der Waals surface area (Å²) in [5.74, 6) is 2.55. The van der Waals surface area contributed by atoms with Crippen LogP contribution in [-0.2, 0) is 58.8 Å². The quantitative estimate of drug-likeness (QED) is 0.0224. The van der Waals surface area contributed by atoms with Crippen molar-refractivity contribution in [3.8, 4) is 23.0 Å². The molecule has 526 valence electrons. The van der Waals surface area contributed by atoms with Gasteiger partial charge < -0.3 is 47.4 Å². The lowest BCUT2D eigenvalue weighted by atomic mass is 9.77. The highest BCUT2D eigenvalue weighted by Crippen LogP contribution is 2.38. The molecule has 0 N–H and O–H groups in total. The lowest BCUT2D eigenvalue weighted by molar-refractivity contribution is -0.150. The minimum Gasteiger partial charge on any atom is -0.494 e. The molecular formula is C78H118O16. The van der Waals surface area contributed by atoms with Crippen LogP contribution in [-0.4, -0.2) is 102 Å². The second-order valence-electron chi connectivity index (χ2n) is 25.4. The van der Waals surface area contributed by atoms with Crippen molar-refractivity contribution in [2.45, 2.75) is 258 Å². The largest absolute Gasteiger partial charge is 0.494 e. The van der Waals surface area contributed by atoms with Crippen LogP contribution in [0.5, 0.6) is 23.0 Å². The third-order valence-corrected chi connectivity index (χ3v) is 17.3. The van der Waals surface area contributed by atoms with E-state index in [4.69, 9.17) is 47.4 Å². The highest BCUT2D eigenvalue weighted by molar-refractivity contribution is 5.93. The first-order valence-electron chi connectivity index (χ1n) is 36.3. The lowest BCUT2D eigenvalue weighted by Crippen LogP contribution is -2.13. The zero-order chi connectivity index (χ0) is 67.5. The average Bonchev–Trinajstić information content (AvgIpc) is 0.917. The van der Waals surface area contributed by atoms with E-state index in [-0.39, 0.29) is 51.1 Å². The number of hydrogen-bond acceptors (Lipinski definition) is 16. The minimum atomic E-state index is -0.519. The highest BCUT2D eigenvalue weighted by Gasteiger charge is 2.22. The van der Waals surface area contributed by atoms with Crippen LogP contribution in [0.3, 0.4) is 0 Å². The maximum Gasteiger partial charge on any atom is 0.342 e. The summed E-state index contributed by atoms with van der Waals surface area (Å²) in [7, 11) is 0. The minimum absolute atomic E-state index is 0.00530. The van der Waals surface area contributed by atoms with Crippen molar-refractivity contribution in [1.29, 1.82) is 0 Å². The van der Waals surface area contributed by atoms with Crippen molar-refractivity contribution in [1.82, 2.24) is 0 Å². The number of hydrogen-bond donors (Lipinski definition) is 0. The maximum absolute atomic E-state index is 13.4. The Hall–Kier alpha value is -6.58. The molecule has 4 rings (SSSR count). The van der Waals surface area contributed by atoms with Crippen LogP contribution in [0, 0.1) is 11.8 Å². The van der Waals surface area contributed by atoms with E-state index >= 15 is 0 Å². The molecule has 0 spiro atoms. The van der Waals surface area contributed by atoms with Gasteiger partial charge in [0.05, 0.1) is 91.8 Å². The van der Waals surface area contributed by atoms with Gasteiger partial charge in [0, 0.05) is 5.57 Å². The van der Waals surface area contributed by atoms with E-state index in [0.29, 0.717) is 101 Å². The Morgan fingerprint density at radius 3 is 1.24 bits per heavy atom. The monoisotopic (exact) mass is 1310 g/mol. The molecule has 16 heteroatoms. The van der Waals surface area contributed by atoms with Crippen LogP contribution in [0.2, 0.25) is 0 Å². The normalized spacial score (nSPS) is 13.9. The Bertz CT molecular complexity index is 2540. The first kappa shape index (κ1) is 79.9. The van der Waals surface area contributed by atoms with E-state index in [1.807, 2.05) is 0 Å². The average molecular weight is 1310 g/mol. The highest BCUT2D eigenvalue weighted by atomic mass is 16.6. The second kappa shape index (κ2) is 51.7. The van der Waals surface area contributed by atoms with Crippen molar-refractivity contribution in [2.24, 2.45) is 11.8 Å². The molecule has 1 aliphatic rings. The fourth-order valence-corrected chi connectivity index (χ4v) is 11.5. The third kappa shape index (κ3) is 38.1. The first-order valence-corrected chi connectivity index (χ1v) is 36.3. The van der Waals surface area contributed by atoms with Crippen LogP contribution >= 0.6 is 0 Å². The maximum atomic E-state index is 13.4. The summed E-state index contributed by atoms with van der Waals surface area (Å²) in [6.07, 6.45) is 30.2. The Morgan fingerprint density at radius 2 is 0.819 bits per heavy atom. The summed E-state index contributed by atoms with van der Waals surface area (Å²) in [6.45, 7) is 15.8. The van der Waals surface area contributed by atoms with Crippen molar-refractivity contribution in [3.63, 3.8) is 0 Å². The van der Waals surface area contributed by atoms with E-state index in [1.54, 1.807) is 25.1 Å². The molecule has 3 aromatic rings. The van der Waals surface area contributed by atoms with Crippen molar-refractivity contribution in [3.05, 3.63) is 95.6 Å². The van der Waals surface area contributed by atoms with Gasteiger partial charge in [0.2, 0.25) is 0 Å². The predicted molar refractivity (Wildman–Crippen MR) is 369 cm³/mol. The standard InChI is InChI=1S/C78H118O16/c1-6-29-63(8-3)31-32-65-35-41-68(42-36-65)85-51-19-9-13-23-55-89-74(80)49-50-76(82)92-58-26-16-12-22-54-88-72-46-45-70(61-71(72)78(84)94-60-28-18-17-27-59-93-77(83)62(4)5)87-53-21-11-15-25-57-91-75(81)48-47-73(79)90-56-24-14-10-20-52-86-69-43-39-67(40-44-69)66-37-33-64(30-7-2)34-38-66/h35-36,39-46,61,63-64,66H,4,6-34,37-38,47-60H2,1-3,5H3. The molecule has 0 aromatic heterocycles. The Balaban J connectivity index is 1.000. The smallest absolute Gasteiger partial charge is 0.342 e. The molecule has 1 atom stereocenters. The van der Waals surface area contributed by atoms with E-state index in [9.17, 15) is 28.8 Å². The first-order chi connectivity index (χ1) is 45.9. The molecule has 1 unspecified atom stereocenters. The fourth-order valence-electron chi connectivity index (χ4n) is 11.5. The second-order valence-corrected chi connectivity index (χ2v) is 25.4. The Morgan fingerprint density at radius 1 is 0.426 bits per heavy atom. The number of aryl methyl sites for hydroxylation is 1. The Labute approximate surface area is 564 Å². The van der Waals surface area contributed by atoms with Gasteiger partial charge in [-0.25, -0.2) is 9.59 Å². The van der Waals surface area contributed by atoms with Gasteiger partial charge in [-0.3, -0.25) is 19.2 Å². The molecular weight excluding hydrogens is 1190 g/mol.